The van der Waals surface area contributed by atoms with Crippen molar-refractivity contribution in [3.05, 3.63) is 77.2 Å². The molecule has 100 valence electrons. The molecular formula is C17H14FNO. The molecule has 0 fully saturated rings. The highest BCUT2D eigenvalue weighted by Gasteiger charge is 2.17. The smallest absolute Gasteiger partial charge is 0.129 e. The molecule has 1 unspecified atom stereocenters. The van der Waals surface area contributed by atoms with E-state index in [9.17, 15) is 9.50 Å². The molecule has 0 aliphatic heterocycles. The van der Waals surface area contributed by atoms with Gasteiger partial charge in [-0.15, -0.1) is 0 Å². The van der Waals surface area contributed by atoms with Crippen molar-refractivity contribution in [2.75, 3.05) is 0 Å². The summed E-state index contributed by atoms with van der Waals surface area (Å²) in [7, 11) is 0. The van der Waals surface area contributed by atoms with Crippen molar-refractivity contribution in [2.24, 2.45) is 0 Å². The van der Waals surface area contributed by atoms with Crippen LogP contribution in [0.5, 0.6) is 0 Å². The minimum Gasteiger partial charge on any atom is -0.384 e. The molecule has 0 amide bonds. The van der Waals surface area contributed by atoms with Gasteiger partial charge in [-0.25, -0.2) is 4.39 Å². The molecule has 0 spiro atoms. The Kier molecular flexibility index (Phi) is 3.20. The van der Waals surface area contributed by atoms with Crippen LogP contribution in [0.15, 0.2) is 54.7 Å². The summed E-state index contributed by atoms with van der Waals surface area (Å²) in [5.41, 5.74) is 2.57. The van der Waals surface area contributed by atoms with Crippen LogP contribution in [0.2, 0.25) is 0 Å². The highest BCUT2D eigenvalue weighted by Crippen LogP contribution is 2.29. The van der Waals surface area contributed by atoms with Crippen molar-refractivity contribution in [1.82, 2.24) is 4.98 Å². The molecule has 2 aromatic carbocycles. The van der Waals surface area contributed by atoms with Gasteiger partial charge in [0, 0.05) is 17.1 Å². The lowest BCUT2D eigenvalue weighted by Crippen LogP contribution is -2.03. The van der Waals surface area contributed by atoms with E-state index < -0.39 is 11.9 Å². The molecule has 3 rings (SSSR count). The van der Waals surface area contributed by atoms with Gasteiger partial charge in [0.15, 0.2) is 0 Å². The van der Waals surface area contributed by atoms with Crippen LogP contribution in [-0.4, -0.2) is 10.1 Å². The summed E-state index contributed by atoms with van der Waals surface area (Å²) in [5, 5.41) is 11.3. The minimum atomic E-state index is -0.997. The Labute approximate surface area is 116 Å². The van der Waals surface area contributed by atoms with Crippen LogP contribution in [0, 0.1) is 12.7 Å². The summed E-state index contributed by atoms with van der Waals surface area (Å²) < 4.78 is 14.0. The number of rotatable bonds is 2. The number of nitrogens with zero attached hydrogens (tertiary/aromatic N) is 1. The van der Waals surface area contributed by atoms with E-state index in [2.05, 4.69) is 4.98 Å². The second-order valence-corrected chi connectivity index (χ2v) is 4.84. The lowest BCUT2D eigenvalue weighted by molar-refractivity contribution is 0.216. The van der Waals surface area contributed by atoms with Crippen molar-refractivity contribution in [2.45, 2.75) is 13.0 Å². The second kappa shape index (κ2) is 5.02. The SMILES string of the molecule is Cc1ccc(C(O)c2cccc3ncccc23)c(F)c1. The van der Waals surface area contributed by atoms with Gasteiger partial charge in [0.2, 0.25) is 0 Å². The predicted molar refractivity (Wildman–Crippen MR) is 76.9 cm³/mol. The molecule has 0 aliphatic carbocycles. The van der Waals surface area contributed by atoms with Gasteiger partial charge in [0.05, 0.1) is 5.52 Å². The molecule has 0 saturated carbocycles. The minimum absolute atomic E-state index is 0.284. The largest absolute Gasteiger partial charge is 0.384 e. The van der Waals surface area contributed by atoms with Crippen LogP contribution >= 0.6 is 0 Å². The number of aryl methyl sites for hydroxylation is 1. The van der Waals surface area contributed by atoms with E-state index in [4.69, 9.17) is 0 Å². The van der Waals surface area contributed by atoms with Gasteiger partial charge in [-0.1, -0.05) is 30.3 Å². The Morgan fingerprint density at radius 3 is 2.70 bits per heavy atom. The molecule has 0 saturated heterocycles. The molecule has 3 aromatic rings. The normalized spacial score (nSPS) is 12.6. The summed E-state index contributed by atoms with van der Waals surface area (Å²) in [6, 6.07) is 14.0. The highest BCUT2D eigenvalue weighted by atomic mass is 19.1. The Morgan fingerprint density at radius 2 is 1.90 bits per heavy atom. The molecule has 0 aliphatic rings. The van der Waals surface area contributed by atoms with Gasteiger partial charge in [-0.3, -0.25) is 4.98 Å². The summed E-state index contributed by atoms with van der Waals surface area (Å²) in [5.74, 6) is -0.390. The highest BCUT2D eigenvalue weighted by molar-refractivity contribution is 5.82. The first-order valence-electron chi connectivity index (χ1n) is 6.44. The number of pyridine rings is 1. The first-order valence-corrected chi connectivity index (χ1v) is 6.44. The maximum Gasteiger partial charge on any atom is 0.129 e. The van der Waals surface area contributed by atoms with Crippen LogP contribution in [0.25, 0.3) is 10.9 Å². The first kappa shape index (κ1) is 12.8. The maximum atomic E-state index is 14.0. The standard InChI is InChI=1S/C17H14FNO/c1-11-7-8-14(15(18)10-11)17(20)13-4-2-6-16-12(13)5-3-9-19-16/h2-10,17,20H,1H3. The molecule has 20 heavy (non-hydrogen) atoms. The van der Waals surface area contributed by atoms with E-state index in [1.165, 1.54) is 6.07 Å². The van der Waals surface area contributed by atoms with Gasteiger partial charge in [-0.05, 0) is 36.2 Å². The molecule has 1 N–H and O–H groups in total. The van der Waals surface area contributed by atoms with Crippen LogP contribution in [0.4, 0.5) is 4.39 Å². The van der Waals surface area contributed by atoms with Gasteiger partial charge in [-0.2, -0.15) is 0 Å². The molecule has 3 heteroatoms. The van der Waals surface area contributed by atoms with Gasteiger partial charge in [0.1, 0.15) is 11.9 Å². The molecule has 0 bridgehead atoms. The van der Waals surface area contributed by atoms with Crippen molar-refractivity contribution < 1.29 is 9.50 Å². The maximum absolute atomic E-state index is 14.0. The zero-order valence-corrected chi connectivity index (χ0v) is 11.0. The lowest BCUT2D eigenvalue weighted by Gasteiger charge is -2.15. The van der Waals surface area contributed by atoms with E-state index in [1.807, 2.05) is 31.2 Å². The third-order valence-electron chi connectivity index (χ3n) is 3.42. The zero-order valence-electron chi connectivity index (χ0n) is 11.0. The van der Waals surface area contributed by atoms with E-state index in [0.717, 1.165) is 16.5 Å². The van der Waals surface area contributed by atoms with Gasteiger partial charge in [0.25, 0.3) is 0 Å². The molecule has 1 aromatic heterocycles. The third kappa shape index (κ3) is 2.17. The number of aliphatic hydroxyl groups excluding tert-OH is 1. The third-order valence-corrected chi connectivity index (χ3v) is 3.42. The predicted octanol–water partition coefficient (Wildman–Crippen LogP) is 3.76. The topological polar surface area (TPSA) is 33.1 Å². The quantitative estimate of drug-likeness (QED) is 0.766. The fourth-order valence-electron chi connectivity index (χ4n) is 2.39. The van der Waals surface area contributed by atoms with Crippen LogP contribution in [0.1, 0.15) is 22.8 Å². The van der Waals surface area contributed by atoms with Crippen molar-refractivity contribution in [1.29, 1.82) is 0 Å². The molecule has 1 heterocycles. The van der Waals surface area contributed by atoms with Crippen LogP contribution in [-0.2, 0) is 0 Å². The zero-order chi connectivity index (χ0) is 14.1. The second-order valence-electron chi connectivity index (χ2n) is 4.84. The number of fused-ring (bicyclic) bond motifs is 1. The van der Waals surface area contributed by atoms with Crippen molar-refractivity contribution >= 4 is 10.9 Å². The fourth-order valence-corrected chi connectivity index (χ4v) is 2.39. The number of hydrogen-bond donors (Lipinski definition) is 1. The Balaban J connectivity index is 2.15. The Morgan fingerprint density at radius 1 is 1.05 bits per heavy atom. The number of aliphatic hydroxyl groups is 1. The van der Waals surface area contributed by atoms with Crippen molar-refractivity contribution in [3.8, 4) is 0 Å². The van der Waals surface area contributed by atoms with Crippen LogP contribution in [0.3, 0.4) is 0 Å². The van der Waals surface area contributed by atoms with Crippen LogP contribution < -0.4 is 0 Å². The molecule has 1 atom stereocenters. The van der Waals surface area contributed by atoms with E-state index in [-0.39, 0.29) is 5.56 Å². The summed E-state index contributed by atoms with van der Waals surface area (Å²) in [4.78, 5) is 4.25. The average Bonchev–Trinajstić information content (AvgIpc) is 2.46. The number of benzene rings is 2. The number of halogens is 1. The Hall–Kier alpha value is -2.26. The first-order chi connectivity index (χ1) is 9.66. The van der Waals surface area contributed by atoms with Gasteiger partial charge >= 0.3 is 0 Å². The van der Waals surface area contributed by atoms with E-state index in [1.54, 1.807) is 24.4 Å². The summed E-state index contributed by atoms with van der Waals surface area (Å²) in [6.07, 6.45) is 0.703. The Bertz CT molecular complexity index is 765. The molecule has 0 radical (unpaired) electrons. The van der Waals surface area contributed by atoms with Gasteiger partial charge < -0.3 is 5.11 Å². The number of aromatic nitrogens is 1. The van der Waals surface area contributed by atoms with Crippen molar-refractivity contribution in [3.63, 3.8) is 0 Å². The van der Waals surface area contributed by atoms with E-state index in [0.29, 0.717) is 5.56 Å². The summed E-state index contributed by atoms with van der Waals surface area (Å²) in [6.45, 7) is 1.82. The number of hydrogen-bond acceptors (Lipinski definition) is 2. The lowest BCUT2D eigenvalue weighted by atomic mass is 9.96. The monoisotopic (exact) mass is 267 g/mol. The average molecular weight is 267 g/mol. The molecular weight excluding hydrogens is 253 g/mol. The van der Waals surface area contributed by atoms with E-state index >= 15 is 0 Å². The molecule has 2 nitrogen and oxygen atoms in total. The fraction of sp³-hybridized carbons (Fsp3) is 0.118. The summed E-state index contributed by atoms with van der Waals surface area (Å²) >= 11 is 0.